The van der Waals surface area contributed by atoms with Crippen molar-refractivity contribution in [2.75, 3.05) is 0 Å². The molecule has 6 heteroatoms. The first-order valence-corrected chi connectivity index (χ1v) is 9.18. The van der Waals surface area contributed by atoms with E-state index in [1.165, 1.54) is 13.1 Å². The molecule has 0 spiro atoms. The van der Waals surface area contributed by atoms with Crippen molar-refractivity contribution < 1.29 is 19.4 Å². The highest BCUT2D eigenvalue weighted by molar-refractivity contribution is 6.51. The molecule has 1 N–H and O–H groups in total. The van der Waals surface area contributed by atoms with Gasteiger partial charge in [-0.3, -0.25) is 14.6 Å². The Labute approximate surface area is 164 Å². The van der Waals surface area contributed by atoms with Gasteiger partial charge < -0.3 is 9.84 Å². The molecule has 0 fully saturated rings. The first-order valence-electron chi connectivity index (χ1n) is 8.80. The summed E-state index contributed by atoms with van der Waals surface area (Å²) in [5, 5.41) is 10.4. The molecule has 1 aliphatic rings. The Hall–Kier alpha value is -2.40. The molecule has 27 heavy (non-hydrogen) atoms. The van der Waals surface area contributed by atoms with Gasteiger partial charge in [0.2, 0.25) is 11.4 Å². The minimum atomic E-state index is -1.84. The predicted octanol–water partition coefficient (Wildman–Crippen LogP) is 5.07. The number of carbonyl (C=O) groups is 2. The second-order valence-corrected chi connectivity index (χ2v) is 7.28. The van der Waals surface area contributed by atoms with Crippen LogP contribution in [-0.4, -0.2) is 27.4 Å². The van der Waals surface area contributed by atoms with Crippen molar-refractivity contribution >= 4 is 34.5 Å². The smallest absolute Gasteiger partial charge is 0.304 e. The molecular weight excluding hydrogens is 366 g/mol. The van der Waals surface area contributed by atoms with E-state index < -0.39 is 23.1 Å². The molecule has 2 unspecified atom stereocenters. The topological polar surface area (TPSA) is 76.5 Å². The molecule has 1 heterocycles. The lowest BCUT2D eigenvalue weighted by Gasteiger charge is -2.31. The van der Waals surface area contributed by atoms with Crippen LogP contribution in [0, 0.1) is 5.92 Å². The Morgan fingerprint density at radius 1 is 1.41 bits per heavy atom. The number of Topliss-reactive ketones (excluding diaryl/α,β-unsaturated/α-hetero) is 1. The van der Waals surface area contributed by atoms with Gasteiger partial charge in [-0.1, -0.05) is 49.6 Å². The normalized spacial score (nSPS) is 21.4. The van der Waals surface area contributed by atoms with Crippen LogP contribution in [0.1, 0.15) is 62.7 Å². The first kappa shape index (κ1) is 20.9. The number of rotatable bonds is 5. The first-order chi connectivity index (χ1) is 12.6. The Kier molecular flexibility index (Phi) is 6.26. The van der Waals surface area contributed by atoms with Gasteiger partial charge in [-0.25, -0.2) is 0 Å². The lowest BCUT2D eigenvalue weighted by molar-refractivity contribution is -0.150. The van der Waals surface area contributed by atoms with E-state index in [4.69, 9.17) is 16.3 Å². The average Bonchev–Trinajstić information content (AvgIpc) is 2.62. The summed E-state index contributed by atoms with van der Waals surface area (Å²) in [5.41, 5.74) is 0.421. The molecule has 5 nitrogen and oxygen atoms in total. The fourth-order valence-corrected chi connectivity index (χ4v) is 3.18. The van der Waals surface area contributed by atoms with Crippen LogP contribution >= 0.6 is 11.6 Å². The largest absolute Gasteiger partial charge is 0.506 e. The number of aliphatic hydroxyl groups is 1. The summed E-state index contributed by atoms with van der Waals surface area (Å²) in [5.74, 6) is -1.25. The lowest BCUT2D eigenvalue weighted by atomic mass is 9.84. The van der Waals surface area contributed by atoms with E-state index in [1.54, 1.807) is 6.07 Å². The average molecular weight is 390 g/mol. The van der Waals surface area contributed by atoms with Crippen LogP contribution in [0.25, 0.3) is 11.1 Å². The van der Waals surface area contributed by atoms with Gasteiger partial charge in [-0.15, -0.1) is 0 Å². The minimum absolute atomic E-state index is 0.0303. The van der Waals surface area contributed by atoms with Crippen molar-refractivity contribution in [3.05, 3.63) is 52.6 Å². The quantitative estimate of drug-likeness (QED) is 0.561. The monoisotopic (exact) mass is 389 g/mol. The molecule has 1 aromatic heterocycles. The number of esters is 1. The number of allylic oxidation sites excluding steroid dienone is 3. The Morgan fingerprint density at radius 2 is 2.07 bits per heavy atom. The molecule has 0 amide bonds. The summed E-state index contributed by atoms with van der Waals surface area (Å²) < 4.78 is 5.06. The maximum Gasteiger partial charge on any atom is 0.304 e. The maximum absolute atomic E-state index is 12.8. The standard InChI is InChI=1S/C21H24ClNO4/c1-6-12(2)9-13(3)7-8-15-10-16-17(11-23-15)19(25)21(5,27-14(4)24)20(26)18(16)22/h7-12,26H,6H2,1-5H3. The predicted molar refractivity (Wildman–Crippen MR) is 106 cm³/mol. The number of aliphatic hydroxyl groups excluding tert-OH is 1. The van der Waals surface area contributed by atoms with Crippen LogP contribution in [0.5, 0.6) is 0 Å². The third kappa shape index (κ3) is 4.30. The van der Waals surface area contributed by atoms with E-state index in [2.05, 4.69) is 24.9 Å². The van der Waals surface area contributed by atoms with Gasteiger partial charge in [0.25, 0.3) is 0 Å². The molecule has 0 aromatic carbocycles. The number of halogens is 1. The molecule has 1 aliphatic carbocycles. The molecule has 1 aromatic rings. The molecular formula is C21H24ClNO4. The lowest BCUT2D eigenvalue weighted by Crippen LogP contribution is -2.44. The second kappa shape index (κ2) is 8.09. The van der Waals surface area contributed by atoms with Gasteiger partial charge in [0.15, 0.2) is 5.76 Å². The van der Waals surface area contributed by atoms with Gasteiger partial charge in [-0.05, 0) is 31.9 Å². The number of pyridine rings is 1. The number of ketones is 1. The fraction of sp³-hybridized carbons (Fsp3) is 0.381. The van der Waals surface area contributed by atoms with Crippen molar-refractivity contribution in [3.8, 4) is 0 Å². The Bertz CT molecular complexity index is 869. The number of carbonyl (C=O) groups excluding carboxylic acids is 2. The molecule has 144 valence electrons. The summed E-state index contributed by atoms with van der Waals surface area (Å²) in [6, 6.07) is 1.63. The van der Waals surface area contributed by atoms with E-state index >= 15 is 0 Å². The van der Waals surface area contributed by atoms with Crippen molar-refractivity contribution in [2.24, 2.45) is 5.92 Å². The van der Waals surface area contributed by atoms with Crippen molar-refractivity contribution in [2.45, 2.75) is 46.6 Å². The number of aromatic nitrogens is 1. The van der Waals surface area contributed by atoms with Gasteiger partial charge in [0.05, 0.1) is 10.7 Å². The van der Waals surface area contributed by atoms with Crippen molar-refractivity contribution in [1.29, 1.82) is 0 Å². The molecule has 0 saturated carbocycles. The highest BCUT2D eigenvalue weighted by Gasteiger charge is 2.48. The Balaban J connectivity index is 2.42. The summed E-state index contributed by atoms with van der Waals surface area (Å²) in [7, 11) is 0. The van der Waals surface area contributed by atoms with Crippen LogP contribution in [0.2, 0.25) is 0 Å². The van der Waals surface area contributed by atoms with Gasteiger partial charge in [-0.2, -0.15) is 0 Å². The molecule has 0 radical (unpaired) electrons. The minimum Gasteiger partial charge on any atom is -0.506 e. The molecule has 0 bridgehead atoms. The van der Waals surface area contributed by atoms with Crippen LogP contribution in [0.15, 0.2) is 35.7 Å². The molecule has 0 aliphatic heterocycles. The van der Waals surface area contributed by atoms with Crippen LogP contribution in [-0.2, 0) is 9.53 Å². The SMILES string of the molecule is CCC(C)C=C(C)C=Cc1cc2c(cn1)C(=O)C(C)(OC(C)=O)C(O)=C2Cl. The van der Waals surface area contributed by atoms with E-state index in [0.29, 0.717) is 17.2 Å². The van der Waals surface area contributed by atoms with Gasteiger partial charge in [0, 0.05) is 24.2 Å². The fourth-order valence-electron chi connectivity index (χ4n) is 2.85. The van der Waals surface area contributed by atoms with Crippen molar-refractivity contribution in [1.82, 2.24) is 4.98 Å². The number of hydrogen-bond acceptors (Lipinski definition) is 5. The van der Waals surface area contributed by atoms with E-state index in [0.717, 1.165) is 18.9 Å². The molecule has 0 saturated heterocycles. The Morgan fingerprint density at radius 3 is 2.67 bits per heavy atom. The number of ether oxygens (including phenoxy) is 1. The zero-order chi connectivity index (χ0) is 20.4. The maximum atomic E-state index is 12.8. The number of fused-ring (bicyclic) bond motifs is 1. The summed E-state index contributed by atoms with van der Waals surface area (Å²) in [4.78, 5) is 28.4. The zero-order valence-electron chi connectivity index (χ0n) is 16.2. The summed E-state index contributed by atoms with van der Waals surface area (Å²) in [6.45, 7) is 8.76. The summed E-state index contributed by atoms with van der Waals surface area (Å²) >= 11 is 6.28. The van der Waals surface area contributed by atoms with Gasteiger partial charge >= 0.3 is 5.97 Å². The third-order valence-electron chi connectivity index (χ3n) is 4.56. The highest BCUT2D eigenvalue weighted by Crippen LogP contribution is 2.40. The third-order valence-corrected chi connectivity index (χ3v) is 4.94. The number of nitrogens with zero attached hydrogens (tertiary/aromatic N) is 1. The van der Waals surface area contributed by atoms with Gasteiger partial charge in [0.1, 0.15) is 0 Å². The molecule has 2 atom stereocenters. The van der Waals surface area contributed by atoms with Crippen molar-refractivity contribution in [3.63, 3.8) is 0 Å². The van der Waals surface area contributed by atoms with Crippen LogP contribution < -0.4 is 0 Å². The summed E-state index contributed by atoms with van der Waals surface area (Å²) in [6.07, 6.45) is 8.38. The van der Waals surface area contributed by atoms with E-state index in [-0.39, 0.29) is 10.6 Å². The van der Waals surface area contributed by atoms with Crippen LogP contribution in [0.4, 0.5) is 0 Å². The number of hydrogen-bond donors (Lipinski definition) is 1. The highest BCUT2D eigenvalue weighted by atomic mass is 35.5. The van der Waals surface area contributed by atoms with Crippen LogP contribution in [0.3, 0.4) is 0 Å². The zero-order valence-corrected chi connectivity index (χ0v) is 16.9. The second-order valence-electron chi connectivity index (χ2n) is 6.90. The molecule has 2 rings (SSSR count). The van der Waals surface area contributed by atoms with E-state index in [1.807, 2.05) is 19.1 Å². The van der Waals surface area contributed by atoms with E-state index in [9.17, 15) is 14.7 Å².